The van der Waals surface area contributed by atoms with Crippen LogP contribution in [0.15, 0.2) is 51.0 Å². The van der Waals surface area contributed by atoms with E-state index in [-0.39, 0.29) is 27.8 Å². The summed E-state index contributed by atoms with van der Waals surface area (Å²) in [6.45, 7) is -0.276. The second kappa shape index (κ2) is 7.21. The fourth-order valence-corrected chi connectivity index (χ4v) is 4.32. The van der Waals surface area contributed by atoms with Crippen LogP contribution in [0.3, 0.4) is 0 Å². The average molecular weight is 407 g/mol. The maximum atomic E-state index is 13.2. The minimum atomic E-state index is -4.11. The molecular formula is C18H18FN3O5S. The molecule has 0 aliphatic rings. The molecule has 1 aromatic heterocycles. The zero-order valence-electron chi connectivity index (χ0n) is 15.4. The molecule has 0 saturated carbocycles. The zero-order valence-corrected chi connectivity index (χ0v) is 16.2. The van der Waals surface area contributed by atoms with Crippen LogP contribution in [-0.2, 0) is 33.5 Å². The third-order valence-corrected chi connectivity index (χ3v) is 6.15. The highest BCUT2D eigenvalue weighted by Crippen LogP contribution is 2.31. The Bertz CT molecular complexity index is 1230. The topological polar surface area (TPSA) is 99.4 Å². The molecule has 0 aliphatic heterocycles. The van der Waals surface area contributed by atoms with Gasteiger partial charge in [-0.15, -0.1) is 0 Å². The Morgan fingerprint density at radius 1 is 1.11 bits per heavy atom. The lowest BCUT2D eigenvalue weighted by Gasteiger charge is -2.13. The molecule has 0 radical (unpaired) electrons. The predicted octanol–water partition coefficient (Wildman–Crippen LogP) is 1.43. The van der Waals surface area contributed by atoms with Crippen LogP contribution in [0.2, 0.25) is 0 Å². The Morgan fingerprint density at radius 3 is 2.25 bits per heavy atom. The Balaban J connectivity index is 2.29. The van der Waals surface area contributed by atoms with Crippen LogP contribution in [0, 0.1) is 5.82 Å². The first-order valence-electron chi connectivity index (χ1n) is 8.15. The van der Waals surface area contributed by atoms with Gasteiger partial charge in [-0.25, -0.2) is 17.6 Å². The number of anilines is 1. The molecule has 0 fully saturated rings. The zero-order chi connectivity index (χ0) is 20.6. The minimum Gasteiger partial charge on any atom is -0.375 e. The van der Waals surface area contributed by atoms with Gasteiger partial charge in [0, 0.05) is 21.2 Å². The van der Waals surface area contributed by atoms with Crippen molar-refractivity contribution in [1.82, 2.24) is 9.13 Å². The number of carbonyl (C=O) groups excluding carboxylic acids is 1. The van der Waals surface area contributed by atoms with Gasteiger partial charge in [0.1, 0.15) is 12.4 Å². The number of aryl methyl sites for hydroxylation is 2. The van der Waals surface area contributed by atoms with E-state index in [1.165, 1.54) is 35.4 Å². The van der Waals surface area contributed by atoms with E-state index in [0.717, 1.165) is 24.3 Å². The number of rotatable bonds is 5. The van der Waals surface area contributed by atoms with E-state index in [9.17, 15) is 22.4 Å². The molecule has 1 amide bonds. The maximum Gasteiger partial charge on any atom is 0.328 e. The van der Waals surface area contributed by atoms with Crippen molar-refractivity contribution in [2.24, 2.45) is 14.1 Å². The highest BCUT2D eigenvalue weighted by atomic mass is 32.2. The van der Waals surface area contributed by atoms with Crippen LogP contribution in [0.25, 0.3) is 11.0 Å². The normalized spacial score (nSPS) is 11.7. The van der Waals surface area contributed by atoms with Crippen molar-refractivity contribution >= 4 is 32.5 Å². The number of imidazole rings is 1. The third-order valence-electron chi connectivity index (χ3n) is 4.34. The SMILES string of the molecule is COCC(=O)Nc1cc2c(cc1S(=O)(=O)c1ccc(F)cc1)n(C)c(=O)n2C. The number of nitrogens with one attached hydrogen (secondary N) is 1. The second-order valence-electron chi connectivity index (χ2n) is 6.18. The number of hydrogen-bond donors (Lipinski definition) is 1. The molecule has 0 atom stereocenters. The predicted molar refractivity (Wildman–Crippen MR) is 101 cm³/mol. The number of aromatic nitrogens is 2. The maximum absolute atomic E-state index is 13.2. The van der Waals surface area contributed by atoms with E-state index in [4.69, 9.17) is 4.74 Å². The highest BCUT2D eigenvalue weighted by molar-refractivity contribution is 7.91. The smallest absolute Gasteiger partial charge is 0.328 e. The molecule has 1 heterocycles. The molecule has 28 heavy (non-hydrogen) atoms. The highest BCUT2D eigenvalue weighted by Gasteiger charge is 2.25. The fraction of sp³-hybridized carbons (Fsp3) is 0.222. The van der Waals surface area contributed by atoms with Crippen molar-refractivity contribution in [1.29, 1.82) is 0 Å². The van der Waals surface area contributed by atoms with Crippen LogP contribution in [0.1, 0.15) is 0 Å². The Labute approximate surface area is 160 Å². The third kappa shape index (κ3) is 3.32. The molecule has 0 spiro atoms. The van der Waals surface area contributed by atoms with E-state index in [2.05, 4.69) is 5.32 Å². The Kier molecular flexibility index (Phi) is 5.09. The summed E-state index contributed by atoms with van der Waals surface area (Å²) in [6, 6.07) is 7.08. The van der Waals surface area contributed by atoms with Crippen LogP contribution >= 0.6 is 0 Å². The molecule has 3 aromatic rings. The number of amides is 1. The van der Waals surface area contributed by atoms with E-state index in [1.54, 1.807) is 7.05 Å². The van der Waals surface area contributed by atoms with E-state index in [0.29, 0.717) is 11.0 Å². The first kappa shape index (κ1) is 19.8. The quantitative estimate of drug-likeness (QED) is 0.645. The number of halogens is 1. The van der Waals surface area contributed by atoms with Crippen molar-refractivity contribution in [3.8, 4) is 0 Å². The number of nitrogens with zero attached hydrogens (tertiary/aromatic N) is 2. The van der Waals surface area contributed by atoms with Crippen LogP contribution in [-0.4, -0.2) is 37.2 Å². The van der Waals surface area contributed by atoms with E-state index < -0.39 is 21.6 Å². The van der Waals surface area contributed by atoms with Gasteiger partial charge in [-0.05, 0) is 36.4 Å². The molecule has 2 aromatic carbocycles. The monoisotopic (exact) mass is 407 g/mol. The number of benzene rings is 2. The van der Waals surface area contributed by atoms with Crippen molar-refractivity contribution in [3.63, 3.8) is 0 Å². The lowest BCUT2D eigenvalue weighted by Crippen LogP contribution is -2.19. The van der Waals surface area contributed by atoms with Gasteiger partial charge in [-0.3, -0.25) is 13.9 Å². The molecular weight excluding hydrogens is 389 g/mol. The molecule has 0 unspecified atom stereocenters. The van der Waals surface area contributed by atoms with Crippen LogP contribution < -0.4 is 11.0 Å². The van der Waals surface area contributed by atoms with E-state index >= 15 is 0 Å². The van der Waals surface area contributed by atoms with Gasteiger partial charge in [-0.1, -0.05) is 0 Å². The first-order chi connectivity index (χ1) is 13.2. The van der Waals surface area contributed by atoms with Crippen LogP contribution in [0.4, 0.5) is 10.1 Å². The molecule has 10 heteroatoms. The summed E-state index contributed by atoms with van der Waals surface area (Å²) in [5.74, 6) is -1.13. The van der Waals surface area contributed by atoms with Gasteiger partial charge < -0.3 is 10.1 Å². The van der Waals surface area contributed by atoms with Gasteiger partial charge in [0.05, 0.1) is 26.5 Å². The average Bonchev–Trinajstić information content (AvgIpc) is 2.85. The Hall–Kier alpha value is -2.98. The number of carbonyl (C=O) groups is 1. The van der Waals surface area contributed by atoms with Crippen molar-refractivity contribution < 1.29 is 22.3 Å². The summed E-state index contributed by atoms with van der Waals surface area (Å²) >= 11 is 0. The summed E-state index contributed by atoms with van der Waals surface area (Å²) in [7, 11) is 0.285. The lowest BCUT2D eigenvalue weighted by atomic mass is 10.2. The molecule has 3 rings (SSSR count). The molecule has 0 saturated heterocycles. The van der Waals surface area contributed by atoms with Gasteiger partial charge in [0.15, 0.2) is 0 Å². The van der Waals surface area contributed by atoms with Crippen molar-refractivity contribution in [2.75, 3.05) is 19.0 Å². The molecule has 0 aliphatic carbocycles. The van der Waals surface area contributed by atoms with Gasteiger partial charge >= 0.3 is 5.69 Å². The number of methoxy groups -OCH3 is 1. The summed E-state index contributed by atoms with van der Waals surface area (Å²) in [6.07, 6.45) is 0. The summed E-state index contributed by atoms with van der Waals surface area (Å²) in [5.41, 5.74) is 0.469. The molecule has 8 nitrogen and oxygen atoms in total. The second-order valence-corrected chi connectivity index (χ2v) is 8.09. The number of fused-ring (bicyclic) bond motifs is 1. The standard InChI is InChI=1S/C18H18FN3O5S/c1-21-14-8-13(20-17(23)10-27-3)16(9-15(14)22(2)18(21)24)28(25,26)12-6-4-11(19)5-7-12/h4-9H,10H2,1-3H3,(H,20,23). The minimum absolute atomic E-state index is 0.0000694. The molecule has 148 valence electrons. The Morgan fingerprint density at radius 2 is 1.68 bits per heavy atom. The largest absolute Gasteiger partial charge is 0.375 e. The van der Waals surface area contributed by atoms with Gasteiger partial charge in [0.25, 0.3) is 0 Å². The number of hydrogen-bond acceptors (Lipinski definition) is 5. The fourth-order valence-electron chi connectivity index (χ4n) is 2.90. The van der Waals surface area contributed by atoms with E-state index in [1.807, 2.05) is 0 Å². The summed E-state index contributed by atoms with van der Waals surface area (Å²) in [4.78, 5) is 23.9. The number of ether oxygens (including phenoxy) is 1. The van der Waals surface area contributed by atoms with Crippen molar-refractivity contribution in [2.45, 2.75) is 9.79 Å². The summed E-state index contributed by atoms with van der Waals surface area (Å²) in [5, 5.41) is 2.50. The van der Waals surface area contributed by atoms with Crippen molar-refractivity contribution in [3.05, 3.63) is 52.7 Å². The number of sulfone groups is 1. The first-order valence-corrected chi connectivity index (χ1v) is 9.64. The molecule has 0 bridgehead atoms. The van der Waals surface area contributed by atoms with Gasteiger partial charge in [0.2, 0.25) is 15.7 Å². The lowest BCUT2D eigenvalue weighted by molar-refractivity contribution is -0.119. The van der Waals surface area contributed by atoms with Gasteiger partial charge in [-0.2, -0.15) is 0 Å². The van der Waals surface area contributed by atoms with Crippen LogP contribution in [0.5, 0.6) is 0 Å². The molecule has 1 N–H and O–H groups in total. The summed E-state index contributed by atoms with van der Waals surface area (Å²) < 4.78 is 46.9.